The Balaban J connectivity index is 2.59. The number of halogens is 2. The van der Waals surface area contributed by atoms with Gasteiger partial charge in [-0.2, -0.15) is 4.98 Å². The highest BCUT2D eigenvalue weighted by Gasteiger charge is 2.23. The molecule has 0 saturated heterocycles. The zero-order valence-corrected chi connectivity index (χ0v) is 15.9. The maximum absolute atomic E-state index is 12.6. The van der Waals surface area contributed by atoms with Gasteiger partial charge in [0.25, 0.3) is 0 Å². The van der Waals surface area contributed by atoms with E-state index in [0.29, 0.717) is 5.69 Å². The van der Waals surface area contributed by atoms with Crippen LogP contribution in [0.2, 0.25) is 10.3 Å². The summed E-state index contributed by atoms with van der Waals surface area (Å²) >= 11 is 11.8. The molecule has 0 saturated carbocycles. The molecule has 0 spiro atoms. The molecule has 1 N–H and O–H groups in total. The molecule has 2 aromatic rings. The first kappa shape index (κ1) is 18.7. The molecule has 0 bridgehead atoms. The molecule has 0 atom stereocenters. The molecule has 130 valence electrons. The summed E-state index contributed by atoms with van der Waals surface area (Å²) in [6.45, 7) is 0. The summed E-state index contributed by atoms with van der Waals surface area (Å²) in [5.41, 5.74) is 1.08. The van der Waals surface area contributed by atoms with E-state index >= 15 is 0 Å². The lowest BCUT2D eigenvalue weighted by Gasteiger charge is -2.20. The maximum Gasteiger partial charge on any atom is 0.244 e. The van der Waals surface area contributed by atoms with E-state index in [-0.39, 0.29) is 21.0 Å². The molecule has 2 rings (SSSR count). The lowest BCUT2D eigenvalue weighted by Crippen LogP contribution is -2.23. The summed E-state index contributed by atoms with van der Waals surface area (Å²) in [4.78, 5) is 9.67. The molecule has 1 aromatic heterocycles. The van der Waals surface area contributed by atoms with E-state index in [4.69, 9.17) is 23.2 Å². The van der Waals surface area contributed by atoms with Gasteiger partial charge in [0.15, 0.2) is 5.82 Å². The molecule has 0 aliphatic rings. The van der Waals surface area contributed by atoms with Crippen molar-refractivity contribution in [2.24, 2.45) is 0 Å². The van der Waals surface area contributed by atoms with E-state index < -0.39 is 10.0 Å². The largest absolute Gasteiger partial charge is 0.378 e. The van der Waals surface area contributed by atoms with Gasteiger partial charge in [0.05, 0.1) is 11.9 Å². The molecule has 7 nitrogen and oxygen atoms in total. The molecule has 0 fully saturated rings. The highest BCUT2D eigenvalue weighted by atomic mass is 35.5. The number of nitrogens with zero attached hydrogens (tertiary/aromatic N) is 4. The molecular weight excluding hydrogens is 373 g/mol. The Hall–Kier alpha value is -1.61. The quantitative estimate of drug-likeness (QED) is 0.791. The van der Waals surface area contributed by atoms with E-state index in [1.807, 2.05) is 19.0 Å². The molecular formula is C14H17Cl2N5O2S. The Morgan fingerprint density at radius 3 is 2.38 bits per heavy atom. The number of anilines is 3. The van der Waals surface area contributed by atoms with Crippen LogP contribution in [0.3, 0.4) is 0 Å². The van der Waals surface area contributed by atoms with Gasteiger partial charge < -0.3 is 10.2 Å². The summed E-state index contributed by atoms with van der Waals surface area (Å²) in [6, 6.07) is 5.01. The molecule has 0 aliphatic carbocycles. The molecule has 1 heterocycles. The van der Waals surface area contributed by atoms with Crippen LogP contribution in [0.15, 0.2) is 29.3 Å². The minimum atomic E-state index is -3.68. The Morgan fingerprint density at radius 2 is 1.79 bits per heavy atom. The van der Waals surface area contributed by atoms with Gasteiger partial charge in [-0.05, 0) is 29.8 Å². The summed E-state index contributed by atoms with van der Waals surface area (Å²) in [5.74, 6) is 0.226. The predicted octanol–water partition coefficient (Wildman–Crippen LogP) is 2.84. The molecule has 0 aliphatic heterocycles. The van der Waals surface area contributed by atoms with Crippen molar-refractivity contribution in [3.8, 4) is 0 Å². The molecule has 0 amide bonds. The fourth-order valence-electron chi connectivity index (χ4n) is 1.86. The van der Waals surface area contributed by atoms with Crippen LogP contribution in [0.25, 0.3) is 0 Å². The summed E-state index contributed by atoms with van der Waals surface area (Å²) in [5, 5.41) is 3.15. The SMILES string of the molecule is CN(C)c1ccc(Nc2nc(Cl)ncc2Cl)c(S(=O)(=O)N(C)C)c1. The van der Waals surface area contributed by atoms with E-state index in [1.165, 1.54) is 20.3 Å². The van der Waals surface area contributed by atoms with Crippen molar-refractivity contribution in [1.29, 1.82) is 0 Å². The van der Waals surface area contributed by atoms with Crippen molar-refractivity contribution >= 4 is 50.4 Å². The summed E-state index contributed by atoms with van der Waals surface area (Å²) < 4.78 is 26.4. The first-order valence-corrected chi connectivity index (χ1v) is 9.01. The Labute approximate surface area is 151 Å². The third-order valence-corrected chi connectivity index (χ3v) is 5.52. The molecule has 0 unspecified atom stereocenters. The first-order chi connectivity index (χ1) is 11.1. The van der Waals surface area contributed by atoms with Gasteiger partial charge in [-0.15, -0.1) is 0 Å². The average molecular weight is 390 g/mol. The lowest BCUT2D eigenvalue weighted by molar-refractivity contribution is 0.521. The minimum absolute atomic E-state index is 0.00354. The Kier molecular flexibility index (Phi) is 5.54. The second-order valence-electron chi connectivity index (χ2n) is 5.32. The number of sulfonamides is 1. The molecule has 10 heteroatoms. The Bertz CT molecular complexity index is 856. The van der Waals surface area contributed by atoms with Crippen LogP contribution in [0.4, 0.5) is 17.2 Å². The van der Waals surface area contributed by atoms with Gasteiger partial charge in [0.1, 0.15) is 9.92 Å². The number of hydrogen-bond donors (Lipinski definition) is 1. The normalized spacial score (nSPS) is 11.6. The monoisotopic (exact) mass is 389 g/mol. The average Bonchev–Trinajstić information content (AvgIpc) is 2.50. The van der Waals surface area contributed by atoms with Gasteiger partial charge in [-0.3, -0.25) is 0 Å². The zero-order valence-electron chi connectivity index (χ0n) is 13.6. The van der Waals surface area contributed by atoms with E-state index in [0.717, 1.165) is 9.99 Å². The van der Waals surface area contributed by atoms with Crippen molar-refractivity contribution < 1.29 is 8.42 Å². The van der Waals surface area contributed by atoms with Crippen molar-refractivity contribution in [1.82, 2.24) is 14.3 Å². The summed E-state index contributed by atoms with van der Waals surface area (Å²) in [7, 11) is 2.91. The van der Waals surface area contributed by atoms with Crippen LogP contribution in [-0.2, 0) is 10.0 Å². The lowest BCUT2D eigenvalue weighted by atomic mass is 10.2. The van der Waals surface area contributed by atoms with Crippen LogP contribution in [0.1, 0.15) is 0 Å². The Morgan fingerprint density at radius 1 is 1.12 bits per heavy atom. The van der Waals surface area contributed by atoms with E-state index in [1.54, 1.807) is 18.2 Å². The fraction of sp³-hybridized carbons (Fsp3) is 0.286. The van der Waals surface area contributed by atoms with Crippen LogP contribution in [-0.4, -0.2) is 50.9 Å². The van der Waals surface area contributed by atoms with Crippen LogP contribution in [0.5, 0.6) is 0 Å². The fourth-order valence-corrected chi connectivity index (χ4v) is 3.20. The van der Waals surface area contributed by atoms with Crippen LogP contribution in [0, 0.1) is 0 Å². The number of aromatic nitrogens is 2. The van der Waals surface area contributed by atoms with Crippen LogP contribution >= 0.6 is 23.2 Å². The highest BCUT2D eigenvalue weighted by molar-refractivity contribution is 7.89. The first-order valence-electron chi connectivity index (χ1n) is 6.82. The highest BCUT2D eigenvalue weighted by Crippen LogP contribution is 2.32. The third-order valence-electron chi connectivity index (χ3n) is 3.21. The third kappa shape index (κ3) is 3.89. The number of benzene rings is 1. The molecule has 1 aromatic carbocycles. The smallest absolute Gasteiger partial charge is 0.244 e. The number of hydrogen-bond acceptors (Lipinski definition) is 6. The van der Waals surface area contributed by atoms with Crippen molar-refractivity contribution in [2.75, 3.05) is 38.4 Å². The topological polar surface area (TPSA) is 78.4 Å². The number of nitrogens with one attached hydrogen (secondary N) is 1. The van der Waals surface area contributed by atoms with Gasteiger partial charge >= 0.3 is 0 Å². The van der Waals surface area contributed by atoms with Gasteiger partial charge in [0.2, 0.25) is 15.3 Å². The zero-order chi connectivity index (χ0) is 18.1. The van der Waals surface area contributed by atoms with E-state index in [2.05, 4.69) is 15.3 Å². The predicted molar refractivity (Wildman–Crippen MR) is 97.0 cm³/mol. The minimum Gasteiger partial charge on any atom is -0.378 e. The van der Waals surface area contributed by atoms with Gasteiger partial charge in [-0.1, -0.05) is 11.6 Å². The standard InChI is InChI=1S/C14H17Cl2N5O2S/c1-20(2)9-5-6-11(12(7-9)24(22,23)21(3)4)18-13-10(15)8-17-14(16)19-13/h5-8H,1-4H3,(H,17,18,19). The summed E-state index contributed by atoms with van der Waals surface area (Å²) in [6.07, 6.45) is 1.34. The maximum atomic E-state index is 12.6. The second kappa shape index (κ2) is 7.10. The van der Waals surface area contributed by atoms with Crippen molar-refractivity contribution in [2.45, 2.75) is 4.90 Å². The molecule has 0 radical (unpaired) electrons. The number of rotatable bonds is 5. The van der Waals surface area contributed by atoms with Gasteiger partial charge in [0, 0.05) is 33.9 Å². The second-order valence-corrected chi connectivity index (χ2v) is 8.19. The van der Waals surface area contributed by atoms with Crippen molar-refractivity contribution in [3.05, 3.63) is 34.7 Å². The molecule has 24 heavy (non-hydrogen) atoms. The van der Waals surface area contributed by atoms with Crippen molar-refractivity contribution in [3.63, 3.8) is 0 Å². The van der Waals surface area contributed by atoms with Gasteiger partial charge in [-0.25, -0.2) is 17.7 Å². The van der Waals surface area contributed by atoms with Crippen LogP contribution < -0.4 is 10.2 Å². The van der Waals surface area contributed by atoms with E-state index in [9.17, 15) is 8.42 Å².